The molecule has 0 heterocycles. The van der Waals surface area contributed by atoms with Gasteiger partial charge in [-0.15, -0.1) is 6.58 Å². The van der Waals surface area contributed by atoms with Gasteiger partial charge >= 0.3 is 0 Å². The van der Waals surface area contributed by atoms with Crippen molar-refractivity contribution >= 4 is 17.3 Å². The van der Waals surface area contributed by atoms with Crippen LogP contribution in [0.2, 0.25) is 0 Å². The third kappa shape index (κ3) is 4.44. The van der Waals surface area contributed by atoms with Crippen LogP contribution < -0.4 is 24.8 Å². The maximum Gasteiger partial charge on any atom is 0.255 e. The Morgan fingerprint density at radius 3 is 2.04 bits per heavy atom. The molecule has 0 saturated carbocycles. The van der Waals surface area contributed by atoms with Gasteiger partial charge in [-0.1, -0.05) is 6.08 Å². The van der Waals surface area contributed by atoms with Crippen LogP contribution in [-0.2, 0) is 0 Å². The molecule has 6 heteroatoms. The fourth-order valence-corrected chi connectivity index (χ4v) is 2.28. The molecule has 0 radical (unpaired) electrons. The van der Waals surface area contributed by atoms with E-state index in [-0.39, 0.29) is 5.91 Å². The minimum atomic E-state index is -0.272. The molecular formula is C19H22N2O4. The summed E-state index contributed by atoms with van der Waals surface area (Å²) in [5.74, 6) is 1.03. The van der Waals surface area contributed by atoms with E-state index in [4.69, 9.17) is 14.2 Å². The van der Waals surface area contributed by atoms with Gasteiger partial charge in [0.2, 0.25) is 5.75 Å². The number of hydrogen-bond donors (Lipinski definition) is 2. The molecule has 25 heavy (non-hydrogen) atoms. The Bertz CT molecular complexity index is 717. The normalized spacial score (nSPS) is 9.88. The van der Waals surface area contributed by atoms with Gasteiger partial charge in [0.05, 0.1) is 21.3 Å². The van der Waals surface area contributed by atoms with Crippen molar-refractivity contribution in [1.29, 1.82) is 0 Å². The number of rotatable bonds is 8. The maximum absolute atomic E-state index is 12.5. The molecule has 2 aromatic rings. The second-order valence-electron chi connectivity index (χ2n) is 5.12. The fourth-order valence-electron chi connectivity index (χ4n) is 2.28. The number of anilines is 2. The molecule has 0 unspecified atom stereocenters. The summed E-state index contributed by atoms with van der Waals surface area (Å²) in [4.78, 5) is 12.5. The van der Waals surface area contributed by atoms with Crippen molar-refractivity contribution in [2.45, 2.75) is 0 Å². The third-order valence-corrected chi connectivity index (χ3v) is 3.52. The van der Waals surface area contributed by atoms with Crippen LogP contribution in [-0.4, -0.2) is 33.8 Å². The largest absolute Gasteiger partial charge is 0.493 e. The molecule has 132 valence electrons. The van der Waals surface area contributed by atoms with E-state index < -0.39 is 0 Å². The standard InChI is InChI=1S/C19H22N2O4/c1-5-10-20-14-6-8-15(9-7-14)21-19(22)13-11-16(23-2)18(25-4)17(12-13)24-3/h5-9,11-12,20H,1,10H2,2-4H3,(H,21,22). The van der Waals surface area contributed by atoms with Gasteiger partial charge in [0, 0.05) is 23.5 Å². The quantitative estimate of drug-likeness (QED) is 0.718. The molecule has 0 aromatic heterocycles. The number of nitrogens with one attached hydrogen (secondary N) is 2. The highest BCUT2D eigenvalue weighted by molar-refractivity contribution is 6.05. The summed E-state index contributed by atoms with van der Waals surface area (Å²) in [5.41, 5.74) is 2.04. The number of amides is 1. The highest BCUT2D eigenvalue weighted by Gasteiger charge is 2.17. The van der Waals surface area contributed by atoms with Crippen molar-refractivity contribution in [2.24, 2.45) is 0 Å². The van der Waals surface area contributed by atoms with Crippen molar-refractivity contribution in [1.82, 2.24) is 0 Å². The second kappa shape index (κ2) is 8.63. The Labute approximate surface area is 147 Å². The van der Waals surface area contributed by atoms with Crippen molar-refractivity contribution in [3.05, 3.63) is 54.6 Å². The first-order valence-corrected chi connectivity index (χ1v) is 7.69. The molecule has 0 aliphatic carbocycles. The molecule has 0 aliphatic rings. The lowest BCUT2D eigenvalue weighted by Gasteiger charge is -2.14. The van der Waals surface area contributed by atoms with E-state index in [2.05, 4.69) is 17.2 Å². The molecular weight excluding hydrogens is 320 g/mol. The number of carbonyl (C=O) groups excluding carboxylic acids is 1. The minimum Gasteiger partial charge on any atom is -0.493 e. The average Bonchev–Trinajstić information content (AvgIpc) is 2.66. The van der Waals surface area contributed by atoms with Crippen molar-refractivity contribution < 1.29 is 19.0 Å². The molecule has 0 spiro atoms. The molecule has 6 nitrogen and oxygen atoms in total. The van der Waals surface area contributed by atoms with Gasteiger partial charge in [0.25, 0.3) is 5.91 Å². The fraction of sp³-hybridized carbons (Fsp3) is 0.211. The number of benzene rings is 2. The van der Waals surface area contributed by atoms with Crippen molar-refractivity contribution in [2.75, 3.05) is 38.5 Å². The Morgan fingerprint density at radius 1 is 1.00 bits per heavy atom. The highest BCUT2D eigenvalue weighted by Crippen LogP contribution is 2.38. The summed E-state index contributed by atoms with van der Waals surface area (Å²) in [6.45, 7) is 4.34. The van der Waals surface area contributed by atoms with Gasteiger partial charge < -0.3 is 24.8 Å². The van der Waals surface area contributed by atoms with E-state index in [1.54, 1.807) is 18.2 Å². The van der Waals surface area contributed by atoms with Crippen LogP contribution in [0.4, 0.5) is 11.4 Å². The van der Waals surface area contributed by atoms with Crippen LogP contribution >= 0.6 is 0 Å². The van der Waals surface area contributed by atoms with E-state index in [9.17, 15) is 4.79 Å². The smallest absolute Gasteiger partial charge is 0.255 e. The van der Waals surface area contributed by atoms with Crippen molar-refractivity contribution in [3.63, 3.8) is 0 Å². The second-order valence-corrected chi connectivity index (χ2v) is 5.12. The Kier molecular flexibility index (Phi) is 6.28. The number of hydrogen-bond acceptors (Lipinski definition) is 5. The minimum absolute atomic E-state index is 0.272. The summed E-state index contributed by atoms with van der Waals surface area (Å²) in [7, 11) is 4.53. The van der Waals surface area contributed by atoms with Crippen LogP contribution in [0.3, 0.4) is 0 Å². The molecule has 2 N–H and O–H groups in total. The zero-order valence-electron chi connectivity index (χ0n) is 14.6. The highest BCUT2D eigenvalue weighted by atomic mass is 16.5. The predicted molar refractivity (Wildman–Crippen MR) is 99.2 cm³/mol. The summed E-state index contributed by atoms with van der Waals surface area (Å²) >= 11 is 0. The number of carbonyl (C=O) groups is 1. The number of methoxy groups -OCH3 is 3. The van der Waals surface area contributed by atoms with Crippen LogP contribution in [0.5, 0.6) is 17.2 Å². The van der Waals surface area contributed by atoms with E-state index in [1.165, 1.54) is 21.3 Å². The van der Waals surface area contributed by atoms with Gasteiger partial charge in [-0.05, 0) is 36.4 Å². The monoisotopic (exact) mass is 342 g/mol. The van der Waals surface area contributed by atoms with Gasteiger partial charge in [0.15, 0.2) is 11.5 Å². The van der Waals surface area contributed by atoms with Gasteiger partial charge in [-0.2, -0.15) is 0 Å². The van der Waals surface area contributed by atoms with E-state index in [0.29, 0.717) is 35.0 Å². The van der Waals surface area contributed by atoms with Gasteiger partial charge in [-0.3, -0.25) is 4.79 Å². The first-order valence-electron chi connectivity index (χ1n) is 7.69. The zero-order chi connectivity index (χ0) is 18.2. The van der Waals surface area contributed by atoms with Crippen LogP contribution in [0.15, 0.2) is 49.1 Å². The molecule has 0 atom stereocenters. The first kappa shape index (κ1) is 18.2. The summed E-state index contributed by atoms with van der Waals surface area (Å²) in [6.07, 6.45) is 1.78. The molecule has 2 aromatic carbocycles. The molecule has 0 aliphatic heterocycles. The average molecular weight is 342 g/mol. The molecule has 1 amide bonds. The lowest BCUT2D eigenvalue weighted by molar-refractivity contribution is 0.102. The van der Waals surface area contributed by atoms with Crippen molar-refractivity contribution in [3.8, 4) is 17.2 Å². The third-order valence-electron chi connectivity index (χ3n) is 3.52. The Hall–Kier alpha value is -3.15. The number of ether oxygens (including phenoxy) is 3. The summed E-state index contributed by atoms with van der Waals surface area (Å²) < 4.78 is 15.8. The van der Waals surface area contributed by atoms with Gasteiger partial charge in [-0.25, -0.2) is 0 Å². The van der Waals surface area contributed by atoms with E-state index in [1.807, 2.05) is 24.3 Å². The van der Waals surface area contributed by atoms with E-state index in [0.717, 1.165) is 5.69 Å². The lowest BCUT2D eigenvalue weighted by atomic mass is 10.1. The Morgan fingerprint density at radius 2 is 1.56 bits per heavy atom. The summed E-state index contributed by atoms with van der Waals surface area (Å²) in [6, 6.07) is 10.6. The SMILES string of the molecule is C=CCNc1ccc(NC(=O)c2cc(OC)c(OC)c(OC)c2)cc1. The molecule has 0 fully saturated rings. The zero-order valence-corrected chi connectivity index (χ0v) is 14.6. The predicted octanol–water partition coefficient (Wildman–Crippen LogP) is 3.56. The van der Waals surface area contributed by atoms with Crippen LogP contribution in [0.1, 0.15) is 10.4 Å². The molecule has 0 saturated heterocycles. The molecule has 2 rings (SSSR count). The first-order chi connectivity index (χ1) is 12.1. The lowest BCUT2D eigenvalue weighted by Crippen LogP contribution is -2.12. The van der Waals surface area contributed by atoms with E-state index >= 15 is 0 Å². The van der Waals surface area contributed by atoms with Crippen LogP contribution in [0, 0.1) is 0 Å². The van der Waals surface area contributed by atoms with Crippen LogP contribution in [0.25, 0.3) is 0 Å². The maximum atomic E-state index is 12.5. The molecule has 0 bridgehead atoms. The summed E-state index contributed by atoms with van der Waals surface area (Å²) in [5, 5.41) is 6.01. The van der Waals surface area contributed by atoms with Gasteiger partial charge in [0.1, 0.15) is 0 Å². The topological polar surface area (TPSA) is 68.8 Å². The Balaban J connectivity index is 2.18.